The average molecular weight is 348 g/mol. The number of likely N-dealkylation sites (tertiary alicyclic amines) is 1. The number of aromatic nitrogens is 2. The van der Waals surface area contributed by atoms with Crippen LogP contribution in [0.3, 0.4) is 0 Å². The van der Waals surface area contributed by atoms with Gasteiger partial charge in [-0.3, -0.25) is 9.78 Å². The fraction of sp³-hybridized carbons (Fsp3) is 0.667. The van der Waals surface area contributed by atoms with E-state index in [9.17, 15) is 9.59 Å². The lowest BCUT2D eigenvalue weighted by molar-refractivity contribution is 0.0294. The first-order chi connectivity index (χ1) is 11.7. The van der Waals surface area contributed by atoms with Gasteiger partial charge in [0.1, 0.15) is 11.3 Å². The molecule has 2 heterocycles. The molecule has 25 heavy (non-hydrogen) atoms. The zero-order valence-electron chi connectivity index (χ0n) is 15.7. The van der Waals surface area contributed by atoms with Gasteiger partial charge in [-0.1, -0.05) is 6.92 Å². The second-order valence-electron chi connectivity index (χ2n) is 7.63. The van der Waals surface area contributed by atoms with E-state index in [0.717, 1.165) is 12.8 Å². The Morgan fingerprint density at radius 1 is 1.28 bits per heavy atom. The summed E-state index contributed by atoms with van der Waals surface area (Å²) < 4.78 is 5.28. The molecule has 2 rings (SSSR count). The zero-order chi connectivity index (χ0) is 18.6. The maximum Gasteiger partial charge on any atom is 0.407 e. The number of nitrogens with one attached hydrogen (secondary N) is 1. The van der Waals surface area contributed by atoms with Gasteiger partial charge in [0.15, 0.2) is 0 Å². The van der Waals surface area contributed by atoms with Gasteiger partial charge in [0, 0.05) is 31.0 Å². The van der Waals surface area contributed by atoms with Crippen molar-refractivity contribution in [1.82, 2.24) is 20.2 Å². The van der Waals surface area contributed by atoms with Crippen LogP contribution in [-0.4, -0.2) is 51.1 Å². The van der Waals surface area contributed by atoms with Crippen LogP contribution in [0.2, 0.25) is 0 Å². The van der Waals surface area contributed by atoms with Crippen LogP contribution >= 0.6 is 0 Å². The molecule has 0 radical (unpaired) electrons. The number of rotatable bonds is 3. The number of alkyl carbamates (subject to hydrolysis) is 1. The van der Waals surface area contributed by atoms with Gasteiger partial charge in [-0.15, -0.1) is 0 Å². The van der Waals surface area contributed by atoms with Crippen molar-refractivity contribution in [3.05, 3.63) is 24.3 Å². The lowest BCUT2D eigenvalue weighted by atomic mass is 9.87. The second kappa shape index (κ2) is 7.80. The fourth-order valence-corrected chi connectivity index (χ4v) is 3.05. The summed E-state index contributed by atoms with van der Waals surface area (Å²) in [6.07, 6.45) is 5.90. The third kappa shape index (κ3) is 5.14. The van der Waals surface area contributed by atoms with E-state index in [0.29, 0.717) is 18.2 Å². The SMILES string of the molecule is CC1CCC(CNC(=O)OC(C)(C)C)N(C(=O)c2cnccn2)C1C. The molecule has 138 valence electrons. The Kier molecular flexibility index (Phi) is 5.98. The zero-order valence-corrected chi connectivity index (χ0v) is 15.7. The first kappa shape index (κ1) is 19.1. The van der Waals surface area contributed by atoms with E-state index in [4.69, 9.17) is 4.74 Å². The van der Waals surface area contributed by atoms with Crippen LogP contribution in [0.25, 0.3) is 0 Å². The van der Waals surface area contributed by atoms with Gasteiger partial charge in [-0.05, 0) is 46.5 Å². The molecule has 0 aliphatic carbocycles. The van der Waals surface area contributed by atoms with E-state index in [-0.39, 0.29) is 18.0 Å². The molecule has 1 aliphatic rings. The van der Waals surface area contributed by atoms with E-state index < -0.39 is 11.7 Å². The van der Waals surface area contributed by atoms with E-state index in [2.05, 4.69) is 22.2 Å². The van der Waals surface area contributed by atoms with Crippen LogP contribution < -0.4 is 5.32 Å². The van der Waals surface area contributed by atoms with E-state index in [1.807, 2.05) is 32.6 Å². The van der Waals surface area contributed by atoms with Gasteiger partial charge >= 0.3 is 6.09 Å². The highest BCUT2D eigenvalue weighted by atomic mass is 16.6. The van der Waals surface area contributed by atoms with Gasteiger partial charge in [0.2, 0.25) is 0 Å². The summed E-state index contributed by atoms with van der Waals surface area (Å²) in [5.74, 6) is 0.238. The molecule has 1 aromatic heterocycles. The summed E-state index contributed by atoms with van der Waals surface area (Å²) in [5.41, 5.74) is -0.223. The first-order valence-electron chi connectivity index (χ1n) is 8.74. The molecule has 2 amide bonds. The highest BCUT2D eigenvalue weighted by Gasteiger charge is 2.36. The van der Waals surface area contributed by atoms with Crippen LogP contribution in [0, 0.1) is 5.92 Å². The standard InChI is InChI=1S/C18H28N4O3/c1-12-6-7-14(10-21-17(24)25-18(3,4)5)22(13(12)2)16(23)15-11-19-8-9-20-15/h8-9,11-14H,6-7,10H2,1-5H3,(H,21,24). The Morgan fingerprint density at radius 2 is 2.00 bits per heavy atom. The van der Waals surface area contributed by atoms with Gasteiger partial charge in [0.05, 0.1) is 6.20 Å². The van der Waals surface area contributed by atoms with Gasteiger partial charge < -0.3 is 15.0 Å². The molecule has 7 nitrogen and oxygen atoms in total. The topological polar surface area (TPSA) is 84.4 Å². The molecular formula is C18H28N4O3. The predicted octanol–water partition coefficient (Wildman–Crippen LogP) is 2.63. The molecule has 1 aliphatic heterocycles. The van der Waals surface area contributed by atoms with E-state index in [1.54, 1.807) is 6.20 Å². The molecule has 0 saturated carbocycles. The van der Waals surface area contributed by atoms with E-state index in [1.165, 1.54) is 12.4 Å². The summed E-state index contributed by atoms with van der Waals surface area (Å²) in [5, 5.41) is 2.79. The molecule has 0 spiro atoms. The number of piperidine rings is 1. The van der Waals surface area contributed by atoms with Crippen molar-refractivity contribution in [3.63, 3.8) is 0 Å². The first-order valence-corrected chi connectivity index (χ1v) is 8.74. The Labute approximate surface area is 149 Å². The average Bonchev–Trinajstić information content (AvgIpc) is 2.54. The lowest BCUT2D eigenvalue weighted by Gasteiger charge is -2.44. The highest BCUT2D eigenvalue weighted by molar-refractivity contribution is 5.92. The maximum absolute atomic E-state index is 12.9. The van der Waals surface area contributed by atoms with Gasteiger partial charge in [-0.25, -0.2) is 9.78 Å². The molecule has 1 saturated heterocycles. The second-order valence-corrected chi connectivity index (χ2v) is 7.63. The number of carbonyl (C=O) groups excluding carboxylic acids is 2. The lowest BCUT2D eigenvalue weighted by Crippen LogP contribution is -2.56. The molecular weight excluding hydrogens is 320 g/mol. The summed E-state index contributed by atoms with van der Waals surface area (Å²) >= 11 is 0. The van der Waals surface area contributed by atoms with Gasteiger partial charge in [0.25, 0.3) is 5.91 Å². The highest BCUT2D eigenvalue weighted by Crippen LogP contribution is 2.28. The van der Waals surface area contributed by atoms with Crippen molar-refractivity contribution in [1.29, 1.82) is 0 Å². The molecule has 1 fully saturated rings. The van der Waals surface area contributed by atoms with Crippen molar-refractivity contribution in [2.75, 3.05) is 6.54 Å². The van der Waals surface area contributed by atoms with Crippen molar-refractivity contribution in [2.45, 2.75) is 65.1 Å². The van der Waals surface area contributed by atoms with Crippen LogP contribution in [-0.2, 0) is 4.74 Å². The Hall–Kier alpha value is -2.18. The normalized spacial score (nSPS) is 23.9. The maximum atomic E-state index is 12.9. The molecule has 1 N–H and O–H groups in total. The Balaban J connectivity index is 2.09. The minimum Gasteiger partial charge on any atom is -0.444 e. The summed E-state index contributed by atoms with van der Waals surface area (Å²) in [4.78, 5) is 34.8. The molecule has 1 aromatic rings. The molecule has 0 aromatic carbocycles. The number of carbonyl (C=O) groups is 2. The predicted molar refractivity (Wildman–Crippen MR) is 94.1 cm³/mol. The molecule has 0 bridgehead atoms. The number of hydrogen-bond donors (Lipinski definition) is 1. The van der Waals surface area contributed by atoms with Gasteiger partial charge in [-0.2, -0.15) is 0 Å². The van der Waals surface area contributed by atoms with Crippen LogP contribution in [0.5, 0.6) is 0 Å². The number of hydrogen-bond acceptors (Lipinski definition) is 5. The smallest absolute Gasteiger partial charge is 0.407 e. The monoisotopic (exact) mass is 348 g/mol. The minimum atomic E-state index is -0.548. The molecule has 7 heteroatoms. The van der Waals surface area contributed by atoms with Crippen LogP contribution in [0.4, 0.5) is 4.79 Å². The third-order valence-corrected chi connectivity index (χ3v) is 4.51. The summed E-state index contributed by atoms with van der Waals surface area (Å²) in [7, 11) is 0. The number of amides is 2. The molecule has 3 atom stereocenters. The number of nitrogens with zero attached hydrogens (tertiary/aromatic N) is 3. The Morgan fingerprint density at radius 3 is 2.60 bits per heavy atom. The van der Waals surface area contributed by atoms with E-state index >= 15 is 0 Å². The van der Waals surface area contributed by atoms with Crippen LogP contribution in [0.1, 0.15) is 57.9 Å². The molecule has 3 unspecified atom stereocenters. The largest absolute Gasteiger partial charge is 0.444 e. The number of ether oxygens (including phenoxy) is 1. The van der Waals surface area contributed by atoms with Crippen molar-refractivity contribution in [2.24, 2.45) is 5.92 Å². The van der Waals surface area contributed by atoms with Crippen molar-refractivity contribution in [3.8, 4) is 0 Å². The minimum absolute atomic E-state index is 0.0636. The third-order valence-electron chi connectivity index (χ3n) is 4.51. The van der Waals surface area contributed by atoms with Crippen molar-refractivity contribution < 1.29 is 14.3 Å². The quantitative estimate of drug-likeness (QED) is 0.908. The summed E-state index contributed by atoms with van der Waals surface area (Å²) in [6.45, 7) is 10.00. The summed E-state index contributed by atoms with van der Waals surface area (Å²) in [6, 6.07) is -0.0260. The Bertz CT molecular complexity index is 600. The van der Waals surface area contributed by atoms with Crippen LogP contribution in [0.15, 0.2) is 18.6 Å². The fourth-order valence-electron chi connectivity index (χ4n) is 3.05. The van der Waals surface area contributed by atoms with Crippen molar-refractivity contribution >= 4 is 12.0 Å².